The molecule has 0 aliphatic rings. The highest BCUT2D eigenvalue weighted by atomic mass is 32.2. The number of carbonyl (C=O) groups excluding carboxylic acids is 1. The van der Waals surface area contributed by atoms with E-state index in [-0.39, 0.29) is 15.0 Å². The summed E-state index contributed by atoms with van der Waals surface area (Å²) in [6.07, 6.45) is 0. The van der Waals surface area contributed by atoms with Gasteiger partial charge in [-0.25, -0.2) is 8.42 Å². The summed E-state index contributed by atoms with van der Waals surface area (Å²) in [4.78, 5) is 13.8. The van der Waals surface area contributed by atoms with Crippen molar-refractivity contribution in [3.8, 4) is 0 Å². The Labute approximate surface area is 116 Å². The molecule has 1 aromatic heterocycles. The number of hydrogen-bond acceptors (Lipinski definition) is 4. The van der Waals surface area contributed by atoms with Crippen molar-refractivity contribution >= 4 is 27.1 Å². The fourth-order valence-electron chi connectivity index (χ4n) is 1.52. The van der Waals surface area contributed by atoms with Gasteiger partial charge in [0.05, 0.1) is 9.77 Å². The summed E-state index contributed by atoms with van der Waals surface area (Å²) < 4.78 is 24.8. The van der Waals surface area contributed by atoms with E-state index in [4.69, 9.17) is 0 Å². The van der Waals surface area contributed by atoms with Crippen LogP contribution in [0.5, 0.6) is 0 Å². The minimum atomic E-state index is -3.53. The van der Waals surface area contributed by atoms with Gasteiger partial charge in [-0.3, -0.25) is 4.79 Å². The quantitative estimate of drug-likeness (QED) is 0.873. The van der Waals surface area contributed by atoms with Crippen LogP contribution >= 0.6 is 11.3 Å². The molecule has 0 saturated carbocycles. The molecule has 0 unspecified atom stereocenters. The number of sulfone groups is 1. The highest BCUT2D eigenvalue weighted by Crippen LogP contribution is 2.28. The zero-order chi connectivity index (χ0) is 14.0. The van der Waals surface area contributed by atoms with Crippen molar-refractivity contribution in [1.29, 1.82) is 0 Å². The molecule has 2 rings (SSSR count). The Kier molecular flexibility index (Phi) is 3.73. The third-order valence-electron chi connectivity index (χ3n) is 2.52. The van der Waals surface area contributed by atoms with E-state index < -0.39 is 9.84 Å². The molecule has 0 saturated heterocycles. The van der Waals surface area contributed by atoms with Crippen molar-refractivity contribution in [2.24, 2.45) is 0 Å². The first kappa shape index (κ1) is 13.8. The molecule has 1 heterocycles. The summed E-state index contributed by atoms with van der Waals surface area (Å²) in [5.74, 6) is -0.195. The van der Waals surface area contributed by atoms with Gasteiger partial charge in [0.1, 0.15) is 4.21 Å². The minimum Gasteiger partial charge on any atom is -0.344 e. The second-order valence-electron chi connectivity index (χ2n) is 4.13. The summed E-state index contributed by atoms with van der Waals surface area (Å²) in [5, 5.41) is 0. The summed E-state index contributed by atoms with van der Waals surface area (Å²) >= 11 is 0.992. The van der Waals surface area contributed by atoms with E-state index in [0.29, 0.717) is 4.88 Å². The third-order valence-corrected chi connectivity index (χ3v) is 5.85. The summed E-state index contributed by atoms with van der Waals surface area (Å²) in [6, 6.07) is 11.2. The molecule has 0 aliphatic heterocycles. The number of rotatable bonds is 3. The molecule has 1 aromatic carbocycles. The molecule has 0 aliphatic carbocycles. The lowest BCUT2D eigenvalue weighted by atomic mass is 10.4. The van der Waals surface area contributed by atoms with E-state index in [1.807, 2.05) is 0 Å². The van der Waals surface area contributed by atoms with Crippen LogP contribution in [0.3, 0.4) is 0 Å². The molecule has 0 bridgehead atoms. The van der Waals surface area contributed by atoms with Crippen LogP contribution in [0.4, 0.5) is 0 Å². The van der Waals surface area contributed by atoms with Crippen LogP contribution in [-0.4, -0.2) is 33.3 Å². The van der Waals surface area contributed by atoms with Gasteiger partial charge in [0.2, 0.25) is 9.84 Å². The minimum absolute atomic E-state index is 0.184. The number of amides is 1. The Balaban J connectivity index is 2.41. The predicted molar refractivity (Wildman–Crippen MR) is 74.2 cm³/mol. The van der Waals surface area contributed by atoms with Gasteiger partial charge in [0.25, 0.3) is 5.91 Å². The average Bonchev–Trinajstić information content (AvgIpc) is 2.89. The highest BCUT2D eigenvalue weighted by Gasteiger charge is 2.21. The van der Waals surface area contributed by atoms with E-state index in [0.717, 1.165) is 11.3 Å². The number of hydrogen-bond donors (Lipinski definition) is 0. The van der Waals surface area contributed by atoms with Crippen LogP contribution in [0.1, 0.15) is 9.67 Å². The van der Waals surface area contributed by atoms with Crippen molar-refractivity contribution in [3.05, 3.63) is 47.3 Å². The lowest BCUT2D eigenvalue weighted by molar-refractivity contribution is 0.0832. The number of carbonyl (C=O) groups is 1. The summed E-state index contributed by atoms with van der Waals surface area (Å²) in [7, 11) is -0.265. The zero-order valence-corrected chi connectivity index (χ0v) is 12.2. The average molecular weight is 295 g/mol. The van der Waals surface area contributed by atoms with Crippen LogP contribution in [0.25, 0.3) is 0 Å². The van der Waals surface area contributed by atoms with E-state index >= 15 is 0 Å². The molecular weight excluding hydrogens is 282 g/mol. The third kappa shape index (κ3) is 2.69. The SMILES string of the molecule is CN(C)C(=O)c1ccc(S(=O)(=O)c2ccccc2)s1. The van der Waals surface area contributed by atoms with Crippen LogP contribution in [0.15, 0.2) is 51.6 Å². The van der Waals surface area contributed by atoms with E-state index in [2.05, 4.69) is 0 Å². The fraction of sp³-hybridized carbons (Fsp3) is 0.154. The van der Waals surface area contributed by atoms with Gasteiger partial charge in [0, 0.05) is 14.1 Å². The molecule has 2 aromatic rings. The fourth-order valence-corrected chi connectivity index (χ4v) is 4.27. The highest BCUT2D eigenvalue weighted by molar-refractivity contribution is 7.93. The normalized spacial score (nSPS) is 11.3. The van der Waals surface area contributed by atoms with Gasteiger partial charge >= 0.3 is 0 Å². The maximum Gasteiger partial charge on any atom is 0.263 e. The van der Waals surface area contributed by atoms with Crippen LogP contribution in [0, 0.1) is 0 Å². The Morgan fingerprint density at radius 3 is 2.26 bits per heavy atom. The Morgan fingerprint density at radius 2 is 1.68 bits per heavy atom. The maximum atomic E-state index is 12.3. The standard InChI is InChI=1S/C13H13NO3S2/c1-14(2)13(15)11-8-9-12(18-11)19(16,17)10-6-4-3-5-7-10/h3-9H,1-2H3. The number of nitrogens with zero attached hydrogens (tertiary/aromatic N) is 1. The molecule has 6 heteroatoms. The first-order valence-corrected chi connectivity index (χ1v) is 7.84. The van der Waals surface area contributed by atoms with E-state index in [9.17, 15) is 13.2 Å². The van der Waals surface area contributed by atoms with E-state index in [1.165, 1.54) is 11.0 Å². The second-order valence-corrected chi connectivity index (χ2v) is 7.40. The lowest BCUT2D eigenvalue weighted by Crippen LogP contribution is -2.20. The van der Waals surface area contributed by atoms with Gasteiger partial charge in [-0.2, -0.15) is 0 Å². The molecule has 0 atom stereocenters. The summed E-state index contributed by atoms with van der Waals surface area (Å²) in [5.41, 5.74) is 0. The Morgan fingerprint density at radius 1 is 1.05 bits per heavy atom. The molecule has 0 radical (unpaired) electrons. The summed E-state index contributed by atoms with van der Waals surface area (Å²) in [6.45, 7) is 0. The molecule has 0 spiro atoms. The second kappa shape index (κ2) is 5.14. The van der Waals surface area contributed by atoms with Crippen molar-refractivity contribution in [3.63, 3.8) is 0 Å². The van der Waals surface area contributed by atoms with Crippen LogP contribution in [-0.2, 0) is 9.84 Å². The topological polar surface area (TPSA) is 54.5 Å². The largest absolute Gasteiger partial charge is 0.344 e. The Hall–Kier alpha value is -1.66. The molecule has 0 fully saturated rings. The van der Waals surface area contributed by atoms with Crippen molar-refractivity contribution in [1.82, 2.24) is 4.90 Å². The van der Waals surface area contributed by atoms with Gasteiger partial charge in [-0.15, -0.1) is 11.3 Å². The van der Waals surface area contributed by atoms with Gasteiger partial charge in [-0.1, -0.05) is 18.2 Å². The van der Waals surface area contributed by atoms with Crippen molar-refractivity contribution in [2.45, 2.75) is 9.10 Å². The van der Waals surface area contributed by atoms with Crippen molar-refractivity contribution in [2.75, 3.05) is 14.1 Å². The zero-order valence-electron chi connectivity index (χ0n) is 10.5. The monoisotopic (exact) mass is 295 g/mol. The molecule has 4 nitrogen and oxygen atoms in total. The maximum absolute atomic E-state index is 12.3. The molecule has 19 heavy (non-hydrogen) atoms. The molecule has 1 amide bonds. The molecule has 0 N–H and O–H groups in total. The number of benzene rings is 1. The lowest BCUT2D eigenvalue weighted by Gasteiger charge is -2.07. The van der Waals surface area contributed by atoms with E-state index in [1.54, 1.807) is 50.5 Å². The predicted octanol–water partition coefficient (Wildman–Crippen LogP) is 2.28. The first-order chi connectivity index (χ1) is 8.93. The van der Waals surface area contributed by atoms with Crippen LogP contribution in [0.2, 0.25) is 0 Å². The van der Waals surface area contributed by atoms with Gasteiger partial charge < -0.3 is 4.90 Å². The Bertz CT molecular complexity index is 688. The number of thiophene rings is 1. The molecular formula is C13H13NO3S2. The first-order valence-electron chi connectivity index (χ1n) is 5.54. The molecule has 100 valence electrons. The van der Waals surface area contributed by atoms with Gasteiger partial charge in [0.15, 0.2) is 0 Å². The van der Waals surface area contributed by atoms with Crippen molar-refractivity contribution < 1.29 is 13.2 Å². The van der Waals surface area contributed by atoms with Gasteiger partial charge in [-0.05, 0) is 24.3 Å². The smallest absolute Gasteiger partial charge is 0.263 e. The van der Waals surface area contributed by atoms with Crippen LogP contribution < -0.4 is 0 Å².